The molecule has 4 nitrogen and oxygen atoms in total. The van der Waals surface area contributed by atoms with Gasteiger partial charge in [-0.1, -0.05) is 19.8 Å². The molecule has 1 unspecified atom stereocenters. The van der Waals surface area contributed by atoms with Gasteiger partial charge in [-0.25, -0.2) is 0 Å². The maximum absolute atomic E-state index is 11.9. The van der Waals surface area contributed by atoms with Crippen LogP contribution in [0.15, 0.2) is 0 Å². The minimum absolute atomic E-state index is 0.139. The highest BCUT2D eigenvalue weighted by atomic mass is 16.1. The van der Waals surface area contributed by atoms with Gasteiger partial charge in [0.1, 0.15) is 0 Å². The number of nitrogens with two attached hydrogens (primary N) is 2. The van der Waals surface area contributed by atoms with Crippen molar-refractivity contribution in [3.05, 3.63) is 0 Å². The molecule has 5 N–H and O–H groups in total. The van der Waals surface area contributed by atoms with Crippen molar-refractivity contribution < 1.29 is 4.79 Å². The Labute approximate surface area is 118 Å². The second-order valence-corrected chi connectivity index (χ2v) is 6.05. The molecule has 0 saturated heterocycles. The van der Waals surface area contributed by atoms with E-state index >= 15 is 0 Å². The lowest BCUT2D eigenvalue weighted by Gasteiger charge is -2.33. The lowest BCUT2D eigenvalue weighted by molar-refractivity contribution is -0.123. The van der Waals surface area contributed by atoms with Crippen molar-refractivity contribution in [2.24, 2.45) is 17.4 Å². The molecule has 0 aliphatic carbocycles. The summed E-state index contributed by atoms with van der Waals surface area (Å²) >= 11 is 0. The fourth-order valence-electron chi connectivity index (χ4n) is 2.11. The van der Waals surface area contributed by atoms with Gasteiger partial charge in [0.05, 0.1) is 0 Å². The Morgan fingerprint density at radius 2 is 1.63 bits per heavy atom. The summed E-state index contributed by atoms with van der Waals surface area (Å²) in [5.41, 5.74) is 10.8. The third kappa shape index (κ3) is 9.00. The number of carbonyl (C=O) groups excluding carboxylic acids is 1. The molecule has 0 saturated carbocycles. The first kappa shape index (κ1) is 18.4. The lowest BCUT2D eigenvalue weighted by atomic mass is 9.85. The van der Waals surface area contributed by atoms with Crippen molar-refractivity contribution in [3.63, 3.8) is 0 Å². The Balaban J connectivity index is 3.94. The van der Waals surface area contributed by atoms with E-state index in [9.17, 15) is 4.79 Å². The average molecular weight is 271 g/mol. The molecule has 0 aromatic carbocycles. The van der Waals surface area contributed by atoms with Gasteiger partial charge in [0.2, 0.25) is 5.91 Å². The van der Waals surface area contributed by atoms with Gasteiger partial charge >= 0.3 is 0 Å². The number of amides is 1. The zero-order valence-electron chi connectivity index (χ0n) is 13.0. The van der Waals surface area contributed by atoms with Crippen LogP contribution in [0.4, 0.5) is 0 Å². The Morgan fingerprint density at radius 1 is 1.05 bits per heavy atom. The summed E-state index contributed by atoms with van der Waals surface area (Å²) in [6, 6.07) is 0. The van der Waals surface area contributed by atoms with Crippen LogP contribution in [0, 0.1) is 5.92 Å². The summed E-state index contributed by atoms with van der Waals surface area (Å²) in [6.45, 7) is 7.88. The van der Waals surface area contributed by atoms with E-state index in [1.54, 1.807) is 0 Å². The van der Waals surface area contributed by atoms with Crippen LogP contribution in [0.5, 0.6) is 0 Å². The summed E-state index contributed by atoms with van der Waals surface area (Å²) in [4.78, 5) is 11.9. The first-order valence-corrected chi connectivity index (χ1v) is 7.65. The molecular formula is C15H33N3O. The van der Waals surface area contributed by atoms with Crippen LogP contribution >= 0.6 is 0 Å². The number of carbonyl (C=O) groups is 1. The Hall–Kier alpha value is -0.610. The zero-order valence-corrected chi connectivity index (χ0v) is 13.0. The van der Waals surface area contributed by atoms with Gasteiger partial charge in [-0.15, -0.1) is 0 Å². The highest BCUT2D eigenvalue weighted by Crippen LogP contribution is 2.22. The molecule has 0 radical (unpaired) electrons. The van der Waals surface area contributed by atoms with E-state index < -0.39 is 0 Å². The van der Waals surface area contributed by atoms with Crippen molar-refractivity contribution in [1.29, 1.82) is 0 Å². The van der Waals surface area contributed by atoms with E-state index in [4.69, 9.17) is 11.5 Å². The topological polar surface area (TPSA) is 81.1 Å². The number of nitrogens with one attached hydrogen (secondary N) is 1. The van der Waals surface area contributed by atoms with E-state index in [0.29, 0.717) is 18.9 Å². The molecule has 0 bridgehead atoms. The van der Waals surface area contributed by atoms with Crippen LogP contribution in [-0.4, -0.2) is 24.5 Å². The Morgan fingerprint density at radius 3 is 2.21 bits per heavy atom. The standard InChI is InChI=1S/C15H33N3O/c1-13(9-6-8-12-17)15(2,3)18-14(19)10-5-4-7-11-16/h13H,4-12,16-17H2,1-3H3,(H,18,19). The second-order valence-electron chi connectivity index (χ2n) is 6.05. The van der Waals surface area contributed by atoms with Crippen molar-refractivity contribution in [2.45, 2.75) is 71.3 Å². The molecule has 0 aromatic rings. The molecule has 0 aromatic heterocycles. The fourth-order valence-corrected chi connectivity index (χ4v) is 2.11. The average Bonchev–Trinajstić information content (AvgIpc) is 2.34. The molecule has 1 atom stereocenters. The third-order valence-electron chi connectivity index (χ3n) is 3.89. The molecule has 0 aliphatic rings. The minimum atomic E-state index is -0.139. The number of hydrogen-bond acceptors (Lipinski definition) is 3. The van der Waals surface area contributed by atoms with Gasteiger partial charge in [-0.05, 0) is 58.5 Å². The van der Waals surface area contributed by atoms with Crippen molar-refractivity contribution >= 4 is 5.91 Å². The van der Waals surface area contributed by atoms with Crippen LogP contribution in [0.2, 0.25) is 0 Å². The second kappa shape index (κ2) is 10.2. The highest BCUT2D eigenvalue weighted by Gasteiger charge is 2.26. The molecule has 114 valence electrons. The Bertz CT molecular complexity index is 242. The maximum Gasteiger partial charge on any atom is 0.220 e. The van der Waals surface area contributed by atoms with Crippen molar-refractivity contribution in [3.8, 4) is 0 Å². The van der Waals surface area contributed by atoms with Gasteiger partial charge in [0.25, 0.3) is 0 Å². The first-order valence-electron chi connectivity index (χ1n) is 7.65. The van der Waals surface area contributed by atoms with Gasteiger partial charge in [0, 0.05) is 12.0 Å². The van der Waals surface area contributed by atoms with Gasteiger partial charge in [0.15, 0.2) is 0 Å². The van der Waals surface area contributed by atoms with Crippen LogP contribution in [-0.2, 0) is 4.79 Å². The summed E-state index contributed by atoms with van der Waals surface area (Å²) in [6.07, 6.45) is 6.89. The number of hydrogen-bond donors (Lipinski definition) is 3. The maximum atomic E-state index is 11.9. The van der Waals surface area contributed by atoms with E-state index in [1.807, 2.05) is 0 Å². The number of unbranched alkanes of at least 4 members (excludes halogenated alkanes) is 3. The minimum Gasteiger partial charge on any atom is -0.351 e. The van der Waals surface area contributed by atoms with Gasteiger partial charge < -0.3 is 16.8 Å². The van der Waals surface area contributed by atoms with Crippen LogP contribution in [0.25, 0.3) is 0 Å². The third-order valence-corrected chi connectivity index (χ3v) is 3.89. The predicted molar refractivity (Wildman–Crippen MR) is 81.8 cm³/mol. The molecular weight excluding hydrogens is 238 g/mol. The van der Waals surface area contributed by atoms with Crippen LogP contribution < -0.4 is 16.8 Å². The van der Waals surface area contributed by atoms with Crippen molar-refractivity contribution in [2.75, 3.05) is 13.1 Å². The van der Waals surface area contributed by atoms with Gasteiger partial charge in [-0.3, -0.25) is 4.79 Å². The molecule has 1 amide bonds. The predicted octanol–water partition coefficient (Wildman–Crippen LogP) is 2.17. The number of rotatable bonds is 11. The van der Waals surface area contributed by atoms with E-state index in [0.717, 1.165) is 45.1 Å². The molecule has 0 heterocycles. The van der Waals surface area contributed by atoms with Crippen LogP contribution in [0.3, 0.4) is 0 Å². The van der Waals surface area contributed by atoms with Gasteiger partial charge in [-0.2, -0.15) is 0 Å². The van der Waals surface area contributed by atoms with E-state index in [1.165, 1.54) is 0 Å². The summed E-state index contributed by atoms with van der Waals surface area (Å²) in [7, 11) is 0. The summed E-state index contributed by atoms with van der Waals surface area (Å²) < 4.78 is 0. The lowest BCUT2D eigenvalue weighted by Crippen LogP contribution is -2.48. The molecule has 4 heteroatoms. The largest absolute Gasteiger partial charge is 0.351 e. The smallest absolute Gasteiger partial charge is 0.220 e. The van der Waals surface area contributed by atoms with Crippen molar-refractivity contribution in [1.82, 2.24) is 5.32 Å². The molecule has 0 spiro atoms. The molecule has 0 aliphatic heterocycles. The summed E-state index contributed by atoms with van der Waals surface area (Å²) in [5, 5.41) is 3.16. The quantitative estimate of drug-likeness (QED) is 0.504. The molecule has 19 heavy (non-hydrogen) atoms. The highest BCUT2D eigenvalue weighted by molar-refractivity contribution is 5.76. The SMILES string of the molecule is CC(CCCCN)C(C)(C)NC(=O)CCCCCN. The normalized spacial score (nSPS) is 13.3. The monoisotopic (exact) mass is 271 g/mol. The fraction of sp³-hybridized carbons (Fsp3) is 0.933. The Kier molecular flexibility index (Phi) is 9.88. The zero-order chi connectivity index (χ0) is 14.7. The van der Waals surface area contributed by atoms with E-state index in [-0.39, 0.29) is 11.4 Å². The molecule has 0 rings (SSSR count). The van der Waals surface area contributed by atoms with E-state index in [2.05, 4.69) is 26.1 Å². The van der Waals surface area contributed by atoms with Crippen LogP contribution in [0.1, 0.15) is 65.7 Å². The molecule has 0 fully saturated rings. The first-order chi connectivity index (χ1) is 8.94. The summed E-state index contributed by atoms with van der Waals surface area (Å²) in [5.74, 6) is 0.625.